The van der Waals surface area contributed by atoms with Crippen LogP contribution in [0.15, 0.2) is 164 Å². The highest BCUT2D eigenvalue weighted by Gasteiger charge is 2.13. The third-order valence-corrected chi connectivity index (χ3v) is 8.96. The van der Waals surface area contributed by atoms with Crippen molar-refractivity contribution < 1.29 is 0 Å². The van der Waals surface area contributed by atoms with Crippen molar-refractivity contribution in [1.82, 2.24) is 4.57 Å². The van der Waals surface area contributed by atoms with Gasteiger partial charge in [-0.3, -0.25) is 0 Å². The van der Waals surface area contributed by atoms with E-state index in [0.717, 1.165) is 0 Å². The minimum absolute atomic E-state index is 1.17. The van der Waals surface area contributed by atoms with Crippen LogP contribution < -0.4 is 0 Å². The van der Waals surface area contributed by atoms with Crippen LogP contribution in [0, 0.1) is 0 Å². The molecule has 0 spiro atoms. The van der Waals surface area contributed by atoms with Crippen molar-refractivity contribution in [1.29, 1.82) is 0 Å². The zero-order chi connectivity index (χ0) is 28.3. The lowest BCUT2D eigenvalue weighted by molar-refractivity contribution is 1.18. The SMILES string of the molecule is c1cc(-c2cccc(-n3c4ccccc4c4ccccc43)c2)cc(-c2ccc3ccc4c5ccccc5ccc4c3c2)c1. The predicted octanol–water partition coefficient (Wildman–Crippen LogP) is 11.6. The summed E-state index contributed by atoms with van der Waals surface area (Å²) in [6.45, 7) is 0. The topological polar surface area (TPSA) is 4.93 Å². The van der Waals surface area contributed by atoms with Crippen molar-refractivity contribution in [2.24, 2.45) is 0 Å². The normalized spacial score (nSPS) is 11.7. The van der Waals surface area contributed by atoms with Crippen molar-refractivity contribution in [3.8, 4) is 27.9 Å². The van der Waals surface area contributed by atoms with Crippen LogP contribution in [0.3, 0.4) is 0 Å². The second-order valence-electron chi connectivity index (χ2n) is 11.4. The molecule has 0 atom stereocenters. The van der Waals surface area contributed by atoms with E-state index in [1.165, 1.54) is 82.1 Å². The van der Waals surface area contributed by atoms with Crippen LogP contribution in [-0.4, -0.2) is 4.57 Å². The summed E-state index contributed by atoms with van der Waals surface area (Å²) in [4.78, 5) is 0. The fraction of sp³-hybridized carbons (Fsp3) is 0. The minimum Gasteiger partial charge on any atom is -0.309 e. The molecule has 0 saturated heterocycles. The molecule has 8 aromatic carbocycles. The van der Waals surface area contributed by atoms with E-state index in [0.29, 0.717) is 0 Å². The highest BCUT2D eigenvalue weighted by molar-refractivity contribution is 6.17. The number of hydrogen-bond acceptors (Lipinski definition) is 0. The maximum absolute atomic E-state index is 2.39. The van der Waals surface area contributed by atoms with E-state index < -0.39 is 0 Å². The molecule has 1 nitrogen and oxygen atoms in total. The van der Waals surface area contributed by atoms with Crippen molar-refractivity contribution in [2.75, 3.05) is 0 Å². The molecule has 200 valence electrons. The summed E-state index contributed by atoms with van der Waals surface area (Å²) in [6, 6.07) is 59.8. The summed E-state index contributed by atoms with van der Waals surface area (Å²) in [7, 11) is 0. The van der Waals surface area contributed by atoms with Gasteiger partial charge in [-0.05, 0) is 91.0 Å². The van der Waals surface area contributed by atoms with E-state index in [4.69, 9.17) is 0 Å². The van der Waals surface area contributed by atoms with E-state index in [9.17, 15) is 0 Å². The van der Waals surface area contributed by atoms with Crippen molar-refractivity contribution in [2.45, 2.75) is 0 Å². The zero-order valence-corrected chi connectivity index (χ0v) is 23.5. The Morgan fingerprint density at radius 2 is 0.791 bits per heavy atom. The lowest BCUT2D eigenvalue weighted by Gasteiger charge is -2.12. The number of rotatable bonds is 3. The molecule has 43 heavy (non-hydrogen) atoms. The van der Waals surface area contributed by atoms with Crippen molar-refractivity contribution in [3.05, 3.63) is 164 Å². The maximum atomic E-state index is 2.39. The first-order valence-electron chi connectivity index (χ1n) is 14.9. The Morgan fingerprint density at radius 3 is 1.51 bits per heavy atom. The van der Waals surface area contributed by atoms with Gasteiger partial charge >= 0.3 is 0 Å². The number of fused-ring (bicyclic) bond motifs is 8. The molecule has 9 aromatic rings. The highest BCUT2D eigenvalue weighted by Crippen LogP contribution is 2.36. The van der Waals surface area contributed by atoms with Gasteiger partial charge < -0.3 is 4.57 Å². The summed E-state index contributed by atoms with van der Waals surface area (Å²) in [5, 5.41) is 10.3. The van der Waals surface area contributed by atoms with Gasteiger partial charge in [0.15, 0.2) is 0 Å². The molecule has 0 aliphatic heterocycles. The smallest absolute Gasteiger partial charge is 0.0541 e. The second-order valence-corrected chi connectivity index (χ2v) is 11.4. The van der Waals surface area contributed by atoms with Gasteiger partial charge in [0.25, 0.3) is 0 Å². The first kappa shape index (κ1) is 24.0. The van der Waals surface area contributed by atoms with Gasteiger partial charge in [-0.25, -0.2) is 0 Å². The van der Waals surface area contributed by atoms with Crippen LogP contribution in [-0.2, 0) is 0 Å². The number of para-hydroxylation sites is 2. The lowest BCUT2D eigenvalue weighted by Crippen LogP contribution is -1.94. The monoisotopic (exact) mass is 545 g/mol. The Bertz CT molecular complexity index is 2460. The maximum Gasteiger partial charge on any atom is 0.0541 e. The van der Waals surface area contributed by atoms with Crippen molar-refractivity contribution in [3.63, 3.8) is 0 Å². The minimum atomic E-state index is 1.17. The van der Waals surface area contributed by atoms with Gasteiger partial charge in [0.1, 0.15) is 0 Å². The van der Waals surface area contributed by atoms with Crippen LogP contribution in [0.25, 0.3) is 82.1 Å². The van der Waals surface area contributed by atoms with E-state index in [1.54, 1.807) is 0 Å². The lowest BCUT2D eigenvalue weighted by atomic mass is 9.93. The fourth-order valence-electron chi connectivity index (χ4n) is 6.90. The molecule has 1 aromatic heterocycles. The van der Waals surface area contributed by atoms with Gasteiger partial charge in [0.05, 0.1) is 11.0 Å². The average Bonchev–Trinajstić information content (AvgIpc) is 3.42. The molecule has 0 aliphatic rings. The summed E-state index contributed by atoms with van der Waals surface area (Å²) >= 11 is 0. The molecule has 1 heteroatoms. The molecule has 9 rings (SSSR count). The summed E-state index contributed by atoms with van der Waals surface area (Å²) in [6.07, 6.45) is 0. The van der Waals surface area contributed by atoms with Crippen molar-refractivity contribution >= 4 is 54.1 Å². The van der Waals surface area contributed by atoms with Gasteiger partial charge in [-0.1, -0.05) is 127 Å². The first-order valence-corrected chi connectivity index (χ1v) is 14.9. The fourth-order valence-corrected chi connectivity index (χ4v) is 6.90. The van der Waals surface area contributed by atoms with Gasteiger partial charge in [0.2, 0.25) is 0 Å². The molecule has 0 fully saturated rings. The second kappa shape index (κ2) is 9.44. The Balaban J connectivity index is 1.17. The number of nitrogens with zero attached hydrogens (tertiary/aromatic N) is 1. The Morgan fingerprint density at radius 1 is 0.279 bits per heavy atom. The van der Waals surface area contributed by atoms with Crippen LogP contribution in [0.1, 0.15) is 0 Å². The summed E-state index contributed by atoms with van der Waals surface area (Å²) in [5.74, 6) is 0. The van der Waals surface area contributed by atoms with Gasteiger partial charge in [-0.15, -0.1) is 0 Å². The Kier molecular flexibility index (Phi) is 5.27. The van der Waals surface area contributed by atoms with E-state index >= 15 is 0 Å². The molecule has 0 aliphatic carbocycles. The summed E-state index contributed by atoms with van der Waals surface area (Å²) in [5.41, 5.74) is 8.50. The Hall–Kier alpha value is -5.66. The van der Waals surface area contributed by atoms with Gasteiger partial charge in [0, 0.05) is 16.5 Å². The molecule has 0 unspecified atom stereocenters. The highest BCUT2D eigenvalue weighted by atomic mass is 15.0. The van der Waals surface area contributed by atoms with E-state index in [1.807, 2.05) is 0 Å². The van der Waals surface area contributed by atoms with Gasteiger partial charge in [-0.2, -0.15) is 0 Å². The largest absolute Gasteiger partial charge is 0.309 e. The van der Waals surface area contributed by atoms with Crippen LogP contribution >= 0.6 is 0 Å². The molecule has 0 amide bonds. The summed E-state index contributed by atoms with van der Waals surface area (Å²) < 4.78 is 2.39. The van der Waals surface area contributed by atoms with E-state index in [2.05, 4.69) is 168 Å². The molecular weight excluding hydrogens is 518 g/mol. The molecular formula is C42H27N. The average molecular weight is 546 g/mol. The molecule has 0 saturated carbocycles. The zero-order valence-electron chi connectivity index (χ0n) is 23.5. The number of aromatic nitrogens is 1. The van der Waals surface area contributed by atoms with Crippen LogP contribution in [0.5, 0.6) is 0 Å². The molecule has 0 N–H and O–H groups in total. The molecule has 1 heterocycles. The number of benzene rings is 8. The number of hydrogen-bond donors (Lipinski definition) is 0. The van der Waals surface area contributed by atoms with Crippen LogP contribution in [0.4, 0.5) is 0 Å². The quantitative estimate of drug-likeness (QED) is 0.195. The third kappa shape index (κ3) is 3.79. The van der Waals surface area contributed by atoms with E-state index in [-0.39, 0.29) is 0 Å². The van der Waals surface area contributed by atoms with Crippen LogP contribution in [0.2, 0.25) is 0 Å². The first-order chi connectivity index (χ1) is 21.3. The Labute approximate surface area is 249 Å². The predicted molar refractivity (Wildman–Crippen MR) is 184 cm³/mol. The molecule has 0 bridgehead atoms. The third-order valence-electron chi connectivity index (χ3n) is 8.96. The standard InChI is InChI=1S/C42H27N/c1-2-14-35-28(9-1)21-24-37-36(35)23-22-29-19-20-33(27-40(29)37)31-11-7-10-30(25-31)32-12-8-13-34(26-32)43-41-17-5-3-15-38(41)39-16-4-6-18-42(39)43/h1-27H. The molecule has 0 radical (unpaired) electrons.